The Balaban J connectivity index is 1.96. The first-order valence-corrected chi connectivity index (χ1v) is 6.47. The highest BCUT2D eigenvalue weighted by Gasteiger charge is 2.51. The monoisotopic (exact) mass is 262 g/mol. The van der Waals surface area contributed by atoms with Gasteiger partial charge in [-0.15, -0.1) is 0 Å². The van der Waals surface area contributed by atoms with Gasteiger partial charge in [0, 0.05) is 25.9 Å². The first-order chi connectivity index (χ1) is 9.06. The average molecular weight is 262 g/mol. The summed E-state index contributed by atoms with van der Waals surface area (Å²) in [7, 11) is 0. The zero-order valence-electron chi connectivity index (χ0n) is 11.0. The number of carbonyl (C=O) groups is 2. The maximum Gasteiger partial charge on any atom is 0.329 e. The van der Waals surface area contributed by atoms with Crippen LogP contribution >= 0.6 is 0 Å². The van der Waals surface area contributed by atoms with Crippen molar-refractivity contribution in [3.05, 3.63) is 30.1 Å². The molecule has 0 aliphatic carbocycles. The third-order valence-corrected chi connectivity index (χ3v) is 3.82. The van der Waals surface area contributed by atoms with Crippen LogP contribution in [0.4, 0.5) is 0 Å². The van der Waals surface area contributed by atoms with Gasteiger partial charge in [0.25, 0.3) is 0 Å². The molecule has 0 saturated carbocycles. The van der Waals surface area contributed by atoms with Crippen molar-refractivity contribution >= 4 is 11.9 Å². The molecule has 102 valence electrons. The van der Waals surface area contributed by atoms with Crippen LogP contribution in [0.2, 0.25) is 0 Å². The quantitative estimate of drug-likeness (QED) is 0.872. The summed E-state index contributed by atoms with van der Waals surface area (Å²) < 4.78 is 0. The van der Waals surface area contributed by atoms with Crippen LogP contribution in [-0.2, 0) is 16.0 Å². The Labute approximate surface area is 112 Å². The minimum atomic E-state index is -0.978. The fraction of sp³-hybridized carbons (Fsp3) is 0.500. The Morgan fingerprint density at radius 3 is 2.79 bits per heavy atom. The number of pyridine rings is 1. The smallest absolute Gasteiger partial charge is 0.329 e. The summed E-state index contributed by atoms with van der Waals surface area (Å²) in [5.74, 6) is -1.05. The molecule has 5 nitrogen and oxygen atoms in total. The van der Waals surface area contributed by atoms with Gasteiger partial charge in [-0.25, -0.2) is 4.79 Å². The van der Waals surface area contributed by atoms with Crippen molar-refractivity contribution in [2.45, 2.75) is 38.1 Å². The van der Waals surface area contributed by atoms with Crippen molar-refractivity contribution in [1.82, 2.24) is 9.88 Å². The second-order valence-electron chi connectivity index (χ2n) is 4.97. The van der Waals surface area contributed by atoms with Crippen LogP contribution in [0.15, 0.2) is 24.5 Å². The fourth-order valence-corrected chi connectivity index (χ4v) is 2.67. The molecular formula is C14H18N2O3. The van der Waals surface area contributed by atoms with Crippen molar-refractivity contribution in [3.63, 3.8) is 0 Å². The molecule has 1 aliphatic heterocycles. The number of carbonyl (C=O) groups excluding carboxylic acids is 1. The summed E-state index contributed by atoms with van der Waals surface area (Å²) in [6.45, 7) is 1.98. The number of likely N-dealkylation sites (tertiary alicyclic amines) is 1. The number of aromatic nitrogens is 1. The number of hydrogen-bond acceptors (Lipinski definition) is 3. The summed E-state index contributed by atoms with van der Waals surface area (Å²) in [6, 6.07) is 3.84. The van der Waals surface area contributed by atoms with Crippen LogP contribution in [-0.4, -0.2) is 39.0 Å². The first-order valence-electron chi connectivity index (χ1n) is 6.47. The van der Waals surface area contributed by atoms with E-state index in [-0.39, 0.29) is 5.91 Å². The van der Waals surface area contributed by atoms with E-state index in [1.807, 2.05) is 12.1 Å². The molecule has 1 saturated heterocycles. The van der Waals surface area contributed by atoms with E-state index < -0.39 is 11.5 Å². The third kappa shape index (κ3) is 2.59. The molecule has 1 aromatic heterocycles. The second kappa shape index (κ2) is 5.38. The molecule has 0 bridgehead atoms. The van der Waals surface area contributed by atoms with Crippen molar-refractivity contribution < 1.29 is 14.7 Å². The Morgan fingerprint density at radius 2 is 2.32 bits per heavy atom. The Kier molecular flexibility index (Phi) is 3.83. The zero-order valence-corrected chi connectivity index (χ0v) is 11.0. The van der Waals surface area contributed by atoms with Gasteiger partial charge in [-0.3, -0.25) is 9.78 Å². The van der Waals surface area contributed by atoms with E-state index in [1.165, 1.54) is 11.8 Å². The molecule has 1 atom stereocenters. The van der Waals surface area contributed by atoms with Crippen molar-refractivity contribution in [2.75, 3.05) is 6.54 Å². The van der Waals surface area contributed by atoms with Crippen molar-refractivity contribution in [3.8, 4) is 0 Å². The van der Waals surface area contributed by atoms with E-state index >= 15 is 0 Å². The standard InChI is InChI=1S/C14H18N2O3/c1-11(17)16-9-7-14(16,13(18)19)6-2-4-12-5-3-8-15-10-12/h3,5,8,10H,2,4,6-7,9H2,1H3,(H,18,19). The lowest BCUT2D eigenvalue weighted by Crippen LogP contribution is -2.66. The van der Waals surface area contributed by atoms with E-state index in [2.05, 4.69) is 4.98 Å². The van der Waals surface area contributed by atoms with Crippen LogP contribution in [0.25, 0.3) is 0 Å². The molecule has 2 heterocycles. The van der Waals surface area contributed by atoms with Gasteiger partial charge in [-0.1, -0.05) is 6.07 Å². The summed E-state index contributed by atoms with van der Waals surface area (Å²) in [5, 5.41) is 9.39. The minimum absolute atomic E-state index is 0.157. The highest BCUT2D eigenvalue weighted by atomic mass is 16.4. The molecule has 1 fully saturated rings. The summed E-state index contributed by atoms with van der Waals surface area (Å²) >= 11 is 0. The highest BCUT2D eigenvalue weighted by Crippen LogP contribution is 2.35. The van der Waals surface area contributed by atoms with Gasteiger partial charge >= 0.3 is 5.97 Å². The molecule has 1 aromatic rings. The van der Waals surface area contributed by atoms with Crippen LogP contribution < -0.4 is 0 Å². The van der Waals surface area contributed by atoms with E-state index in [9.17, 15) is 14.7 Å². The molecule has 1 amide bonds. The van der Waals surface area contributed by atoms with Crippen LogP contribution in [0, 0.1) is 0 Å². The van der Waals surface area contributed by atoms with Gasteiger partial charge in [0.2, 0.25) is 5.91 Å². The molecule has 1 N–H and O–H groups in total. The van der Waals surface area contributed by atoms with Gasteiger partial charge in [-0.2, -0.15) is 0 Å². The SMILES string of the molecule is CC(=O)N1CCC1(CCCc1cccnc1)C(=O)O. The fourth-order valence-electron chi connectivity index (χ4n) is 2.67. The van der Waals surface area contributed by atoms with Crippen molar-refractivity contribution in [2.24, 2.45) is 0 Å². The molecular weight excluding hydrogens is 244 g/mol. The van der Waals surface area contributed by atoms with Gasteiger partial charge in [0.1, 0.15) is 5.54 Å². The number of carboxylic acid groups (broad SMARTS) is 1. The van der Waals surface area contributed by atoms with Gasteiger partial charge in [0.05, 0.1) is 0 Å². The molecule has 1 aliphatic rings. The number of nitrogens with zero attached hydrogens (tertiary/aromatic N) is 2. The highest BCUT2D eigenvalue weighted by molar-refractivity contribution is 5.88. The molecule has 5 heteroatoms. The number of aliphatic carboxylic acids is 1. The Morgan fingerprint density at radius 1 is 1.53 bits per heavy atom. The summed E-state index contributed by atoms with van der Waals surface area (Å²) in [4.78, 5) is 28.4. The van der Waals surface area contributed by atoms with Crippen LogP contribution in [0.3, 0.4) is 0 Å². The first kappa shape index (κ1) is 13.5. The predicted octanol–water partition coefficient (Wildman–Crippen LogP) is 1.48. The lowest BCUT2D eigenvalue weighted by Gasteiger charge is -2.49. The van der Waals surface area contributed by atoms with Crippen molar-refractivity contribution in [1.29, 1.82) is 0 Å². The molecule has 2 rings (SSSR count). The van der Waals surface area contributed by atoms with Gasteiger partial charge in [-0.05, 0) is 37.3 Å². The van der Waals surface area contributed by atoms with Gasteiger partial charge in [0.15, 0.2) is 0 Å². The average Bonchev–Trinajstić information content (AvgIpc) is 2.33. The minimum Gasteiger partial charge on any atom is -0.479 e. The summed E-state index contributed by atoms with van der Waals surface area (Å²) in [5.41, 5.74) is 0.116. The normalized spacial score (nSPS) is 21.8. The van der Waals surface area contributed by atoms with Crippen LogP contribution in [0.5, 0.6) is 0 Å². The molecule has 1 unspecified atom stereocenters. The van der Waals surface area contributed by atoms with Gasteiger partial charge < -0.3 is 10.0 Å². The number of carboxylic acids is 1. The maximum absolute atomic E-state index is 11.5. The van der Waals surface area contributed by atoms with E-state index in [4.69, 9.17) is 0 Å². The largest absolute Gasteiger partial charge is 0.479 e. The molecule has 0 spiro atoms. The zero-order chi connectivity index (χ0) is 13.9. The molecule has 19 heavy (non-hydrogen) atoms. The number of amides is 1. The number of hydrogen-bond donors (Lipinski definition) is 1. The Bertz CT molecular complexity index is 475. The second-order valence-corrected chi connectivity index (χ2v) is 4.97. The Hall–Kier alpha value is -1.91. The number of rotatable bonds is 5. The van der Waals surface area contributed by atoms with Crippen LogP contribution in [0.1, 0.15) is 31.7 Å². The van der Waals surface area contributed by atoms with E-state index in [1.54, 1.807) is 12.4 Å². The predicted molar refractivity (Wildman–Crippen MR) is 69.5 cm³/mol. The van der Waals surface area contributed by atoms with E-state index in [0.717, 1.165) is 18.4 Å². The lowest BCUT2D eigenvalue weighted by atomic mass is 9.79. The number of aryl methyl sites for hydroxylation is 1. The molecule has 0 aromatic carbocycles. The molecule has 0 radical (unpaired) electrons. The summed E-state index contributed by atoms with van der Waals surface area (Å²) in [6.07, 6.45) is 6.07. The third-order valence-electron chi connectivity index (χ3n) is 3.82. The van der Waals surface area contributed by atoms with E-state index in [0.29, 0.717) is 19.4 Å². The maximum atomic E-state index is 11.5. The lowest BCUT2D eigenvalue weighted by molar-refractivity contribution is -0.170. The topological polar surface area (TPSA) is 70.5 Å².